The number of hydrogen-bond acceptors (Lipinski definition) is 5. The maximum absolute atomic E-state index is 13.6. The Kier molecular flexibility index (Phi) is 9.09. The van der Waals surface area contributed by atoms with E-state index in [0.29, 0.717) is 51.6 Å². The smallest absolute Gasteiger partial charge is 0.318 e. The molecule has 1 aromatic rings. The molecule has 2 aliphatic heterocycles. The summed E-state index contributed by atoms with van der Waals surface area (Å²) in [5, 5.41) is 16.3. The van der Waals surface area contributed by atoms with E-state index in [9.17, 15) is 14.9 Å². The number of rotatable bonds is 8. The van der Waals surface area contributed by atoms with Gasteiger partial charge in [-0.2, -0.15) is 5.26 Å². The van der Waals surface area contributed by atoms with Gasteiger partial charge in [-0.15, -0.1) is 0 Å². The third kappa shape index (κ3) is 7.24. The average Bonchev–Trinajstić information content (AvgIpc) is 3.31. The van der Waals surface area contributed by atoms with Crippen LogP contribution < -0.4 is 10.6 Å². The first-order valence-electron chi connectivity index (χ1n) is 13.9. The van der Waals surface area contributed by atoms with Gasteiger partial charge in [0, 0.05) is 38.1 Å². The molecule has 37 heavy (non-hydrogen) atoms. The summed E-state index contributed by atoms with van der Waals surface area (Å²) in [5.74, 6) is 0.178. The van der Waals surface area contributed by atoms with Gasteiger partial charge in [0.05, 0.1) is 19.3 Å². The Labute approximate surface area is 221 Å². The summed E-state index contributed by atoms with van der Waals surface area (Å²) in [6, 6.07) is 12.0. The van der Waals surface area contributed by atoms with Crippen molar-refractivity contribution in [2.45, 2.75) is 75.8 Å². The quantitative estimate of drug-likeness (QED) is 0.560. The fourth-order valence-corrected chi connectivity index (χ4v) is 6.10. The lowest BCUT2D eigenvalue weighted by Gasteiger charge is -2.33. The molecule has 0 bridgehead atoms. The molecule has 8 heteroatoms. The lowest BCUT2D eigenvalue weighted by atomic mass is 9.84. The average molecular weight is 510 g/mol. The van der Waals surface area contributed by atoms with Gasteiger partial charge in [-0.3, -0.25) is 9.69 Å². The largest absolute Gasteiger partial charge is 0.378 e. The molecule has 1 aliphatic carbocycles. The van der Waals surface area contributed by atoms with E-state index in [1.807, 2.05) is 6.07 Å². The van der Waals surface area contributed by atoms with E-state index in [4.69, 9.17) is 4.74 Å². The highest BCUT2D eigenvalue weighted by atomic mass is 16.5. The summed E-state index contributed by atoms with van der Waals surface area (Å²) < 4.78 is 5.37. The zero-order valence-electron chi connectivity index (χ0n) is 22.5. The summed E-state index contributed by atoms with van der Waals surface area (Å²) in [6.07, 6.45) is 6.95. The third-order valence-corrected chi connectivity index (χ3v) is 8.31. The van der Waals surface area contributed by atoms with Gasteiger partial charge in [-0.25, -0.2) is 4.79 Å². The van der Waals surface area contributed by atoms with Crippen molar-refractivity contribution in [1.82, 2.24) is 20.4 Å². The second kappa shape index (κ2) is 12.3. The van der Waals surface area contributed by atoms with E-state index < -0.39 is 11.6 Å². The van der Waals surface area contributed by atoms with Gasteiger partial charge in [0.15, 0.2) is 0 Å². The SMILES string of the molecule is CC(C)(CN1CC[C@](C#N)(NC(=O)[C@H](CC2CCCCC2)NC(=O)N2CCOCC2)C1)c1ccccc1. The van der Waals surface area contributed by atoms with Crippen LogP contribution in [0, 0.1) is 17.2 Å². The van der Waals surface area contributed by atoms with Crippen LogP contribution in [0.25, 0.3) is 0 Å². The lowest BCUT2D eigenvalue weighted by Crippen LogP contribution is -2.58. The summed E-state index contributed by atoms with van der Waals surface area (Å²) in [5.41, 5.74) is 0.233. The summed E-state index contributed by atoms with van der Waals surface area (Å²) in [7, 11) is 0. The monoisotopic (exact) mass is 509 g/mol. The van der Waals surface area contributed by atoms with Gasteiger partial charge in [-0.1, -0.05) is 76.3 Å². The Morgan fingerprint density at radius 2 is 1.84 bits per heavy atom. The van der Waals surface area contributed by atoms with Crippen molar-refractivity contribution >= 4 is 11.9 Å². The first-order chi connectivity index (χ1) is 17.8. The summed E-state index contributed by atoms with van der Waals surface area (Å²) in [4.78, 5) is 30.6. The maximum atomic E-state index is 13.6. The number of nitriles is 1. The predicted molar refractivity (Wildman–Crippen MR) is 143 cm³/mol. The van der Waals surface area contributed by atoms with Crippen molar-refractivity contribution < 1.29 is 14.3 Å². The van der Waals surface area contributed by atoms with Crippen LogP contribution in [-0.4, -0.2) is 79.3 Å². The normalized spacial score (nSPS) is 24.3. The number of carbonyl (C=O) groups excluding carboxylic acids is 2. The minimum absolute atomic E-state index is 0.0769. The number of nitrogens with zero attached hydrogens (tertiary/aromatic N) is 3. The minimum Gasteiger partial charge on any atom is -0.378 e. The molecular weight excluding hydrogens is 466 g/mol. The molecule has 2 atom stereocenters. The third-order valence-electron chi connectivity index (χ3n) is 8.31. The molecule has 2 heterocycles. The van der Waals surface area contributed by atoms with Gasteiger partial charge in [0.2, 0.25) is 5.91 Å². The highest BCUT2D eigenvalue weighted by molar-refractivity contribution is 5.88. The van der Waals surface area contributed by atoms with Crippen LogP contribution in [0.1, 0.15) is 64.4 Å². The molecular formula is C29H43N5O3. The fourth-order valence-electron chi connectivity index (χ4n) is 6.10. The zero-order chi connectivity index (χ0) is 26.3. The molecule has 1 saturated carbocycles. The Bertz CT molecular complexity index is 950. The first kappa shape index (κ1) is 27.4. The molecule has 4 rings (SSSR count). The minimum atomic E-state index is -0.946. The molecule has 202 valence electrons. The zero-order valence-corrected chi connectivity index (χ0v) is 22.5. The van der Waals surface area contributed by atoms with Crippen LogP contribution in [0.15, 0.2) is 30.3 Å². The number of carbonyl (C=O) groups is 2. The van der Waals surface area contributed by atoms with Crippen molar-refractivity contribution in [2.75, 3.05) is 45.9 Å². The van der Waals surface area contributed by atoms with Crippen molar-refractivity contribution in [3.8, 4) is 6.07 Å². The Balaban J connectivity index is 1.41. The fraction of sp³-hybridized carbons (Fsp3) is 0.690. The summed E-state index contributed by atoms with van der Waals surface area (Å²) >= 11 is 0. The van der Waals surface area contributed by atoms with Gasteiger partial charge >= 0.3 is 6.03 Å². The van der Waals surface area contributed by atoms with Crippen LogP contribution in [0.4, 0.5) is 4.79 Å². The highest BCUT2D eigenvalue weighted by Crippen LogP contribution is 2.30. The Morgan fingerprint density at radius 1 is 1.14 bits per heavy atom. The van der Waals surface area contributed by atoms with E-state index in [1.165, 1.54) is 24.8 Å². The van der Waals surface area contributed by atoms with Crippen LogP contribution in [0.5, 0.6) is 0 Å². The molecule has 3 amide bonds. The molecule has 1 aromatic carbocycles. The molecule has 2 saturated heterocycles. The Morgan fingerprint density at radius 3 is 2.51 bits per heavy atom. The second-order valence-corrected chi connectivity index (χ2v) is 11.7. The molecule has 0 aromatic heterocycles. The van der Waals surface area contributed by atoms with E-state index in [2.05, 4.69) is 59.7 Å². The van der Waals surface area contributed by atoms with Gasteiger partial charge in [0.1, 0.15) is 11.6 Å². The van der Waals surface area contributed by atoms with E-state index in [-0.39, 0.29) is 17.4 Å². The van der Waals surface area contributed by atoms with Gasteiger partial charge in [-0.05, 0) is 24.3 Å². The van der Waals surface area contributed by atoms with Crippen molar-refractivity contribution in [3.63, 3.8) is 0 Å². The lowest BCUT2D eigenvalue weighted by molar-refractivity contribution is -0.124. The standard InChI is InChI=1S/C29H43N5O3/c1-28(2,24-11-7-4-8-12-24)21-33-14-13-29(20-30,22-33)32-26(35)25(19-23-9-5-3-6-10-23)31-27(36)34-15-17-37-18-16-34/h4,7-8,11-12,23,25H,3,5-6,9-10,13-19,21-22H2,1-2H3,(H,31,36)(H,32,35)/t25-,29+/m0/s1. The molecule has 2 N–H and O–H groups in total. The molecule has 8 nitrogen and oxygen atoms in total. The number of nitrogens with one attached hydrogen (secondary N) is 2. The number of hydrogen-bond donors (Lipinski definition) is 2. The highest BCUT2D eigenvalue weighted by Gasteiger charge is 2.43. The number of urea groups is 1. The first-order valence-corrected chi connectivity index (χ1v) is 13.9. The molecule has 0 radical (unpaired) electrons. The number of likely N-dealkylation sites (tertiary alicyclic amines) is 1. The Hall–Kier alpha value is -2.63. The van der Waals surface area contributed by atoms with Crippen LogP contribution >= 0.6 is 0 Å². The number of ether oxygens (including phenoxy) is 1. The van der Waals surface area contributed by atoms with E-state index in [0.717, 1.165) is 25.9 Å². The van der Waals surface area contributed by atoms with Crippen molar-refractivity contribution in [2.24, 2.45) is 5.92 Å². The van der Waals surface area contributed by atoms with Gasteiger partial charge < -0.3 is 20.3 Å². The van der Waals surface area contributed by atoms with Crippen molar-refractivity contribution in [3.05, 3.63) is 35.9 Å². The second-order valence-electron chi connectivity index (χ2n) is 11.7. The molecule has 3 fully saturated rings. The van der Waals surface area contributed by atoms with Crippen LogP contribution in [0.3, 0.4) is 0 Å². The number of amides is 3. The maximum Gasteiger partial charge on any atom is 0.318 e. The van der Waals surface area contributed by atoms with Gasteiger partial charge in [0.25, 0.3) is 0 Å². The van der Waals surface area contributed by atoms with E-state index >= 15 is 0 Å². The number of morpholine rings is 1. The van der Waals surface area contributed by atoms with Crippen molar-refractivity contribution in [1.29, 1.82) is 5.26 Å². The van der Waals surface area contributed by atoms with Crippen LogP contribution in [-0.2, 0) is 14.9 Å². The molecule has 0 unspecified atom stereocenters. The summed E-state index contributed by atoms with van der Waals surface area (Å²) in [6.45, 7) is 8.55. The van der Waals surface area contributed by atoms with E-state index in [1.54, 1.807) is 4.90 Å². The number of benzene rings is 1. The topological polar surface area (TPSA) is 97.7 Å². The van der Waals surface area contributed by atoms with Crippen LogP contribution in [0.2, 0.25) is 0 Å². The predicted octanol–water partition coefficient (Wildman–Crippen LogP) is 3.43. The molecule has 3 aliphatic rings. The molecule has 0 spiro atoms.